The molecule has 1 fully saturated rings. The number of nitrogens with zero attached hydrogens (tertiary/aromatic N) is 1. The lowest BCUT2D eigenvalue weighted by Gasteiger charge is -2.40. The Bertz CT molecular complexity index is 3010. The highest BCUT2D eigenvalue weighted by molar-refractivity contribution is 6.31. The van der Waals surface area contributed by atoms with Crippen LogP contribution in [0.1, 0.15) is 133 Å². The van der Waals surface area contributed by atoms with Gasteiger partial charge in [-0.15, -0.1) is 0 Å². The number of phenolic OH excluding ortho intramolecular Hbond substituents is 2. The lowest BCUT2D eigenvalue weighted by atomic mass is 9.72. The average molecular weight is 1110 g/mol. The van der Waals surface area contributed by atoms with Crippen LogP contribution in [-0.4, -0.2) is 134 Å². The maximum absolute atomic E-state index is 14.5. The van der Waals surface area contributed by atoms with E-state index < -0.39 is 143 Å². The number of ketones is 3. The van der Waals surface area contributed by atoms with E-state index in [4.69, 9.17) is 24.7 Å². The van der Waals surface area contributed by atoms with Gasteiger partial charge in [-0.1, -0.05) is 56.7 Å². The van der Waals surface area contributed by atoms with Crippen molar-refractivity contribution in [3.63, 3.8) is 0 Å². The first-order chi connectivity index (χ1) is 38.0. The van der Waals surface area contributed by atoms with Crippen molar-refractivity contribution in [1.82, 2.24) is 20.9 Å². The number of Topliss-reactive ketones (excluding diaryl/α,β-unsaturated/α-hetero) is 1. The summed E-state index contributed by atoms with van der Waals surface area (Å²) in [6, 6.07) is 6.77. The number of unbranched alkanes of at least 4 members (excludes halogenated alkanes) is 2. The zero-order valence-electron chi connectivity index (χ0n) is 44.3. The predicted molar refractivity (Wildman–Crippen MR) is 281 cm³/mol. The Labute approximate surface area is 459 Å². The number of amides is 7. The first-order valence-electron chi connectivity index (χ1n) is 26.1. The topological polar surface area (TPSA) is 366 Å². The summed E-state index contributed by atoms with van der Waals surface area (Å²) in [5, 5.41) is 55.6. The van der Waals surface area contributed by atoms with Crippen molar-refractivity contribution in [3.8, 4) is 17.2 Å². The van der Waals surface area contributed by atoms with Gasteiger partial charge in [0.15, 0.2) is 17.9 Å². The molecule has 24 heteroatoms. The van der Waals surface area contributed by atoms with Crippen LogP contribution in [0.25, 0.3) is 0 Å². The number of aromatic hydroxyl groups is 2. The Hall–Kier alpha value is -8.32. The van der Waals surface area contributed by atoms with E-state index in [1.54, 1.807) is 20.8 Å². The van der Waals surface area contributed by atoms with E-state index in [1.807, 2.05) is 0 Å². The van der Waals surface area contributed by atoms with Gasteiger partial charge in [0.05, 0.1) is 28.9 Å². The summed E-state index contributed by atoms with van der Waals surface area (Å²) in [4.78, 5) is 131. The molecule has 0 radical (unpaired) electrons. The molecular formula is C56H64N6O18. The van der Waals surface area contributed by atoms with Crippen LogP contribution >= 0.6 is 0 Å². The smallest absolute Gasteiger partial charge is 0.507 e. The number of hydrogen-bond acceptors (Lipinski definition) is 18. The molecule has 24 nitrogen and oxygen atoms in total. The normalized spacial score (nSPS) is 20.1. The van der Waals surface area contributed by atoms with Gasteiger partial charge in [0.25, 0.3) is 11.8 Å². The minimum absolute atomic E-state index is 0.0489. The summed E-state index contributed by atoms with van der Waals surface area (Å²) in [7, 11) is 0. The number of hydrogen-bond donors (Lipinski definition) is 9. The number of imide groups is 1. The summed E-state index contributed by atoms with van der Waals surface area (Å²) < 4.78 is 22.9. The summed E-state index contributed by atoms with van der Waals surface area (Å²) >= 11 is 0. The number of aliphatic hydroxyl groups is 2. The SMILES string of the molecule is C=C1C[C@H](O[C@H]2C[C@](O)(C(=O)CO)Cc3c(O)c4c(c(O)c32)C(=O)c2c(OC(=O)OCc3ccc(NC(=O)[C@H](CCCNC(N)=O)NC(=O)[C@@H](NC(=O)CCCCCN5C(=O)C=CC5=O)C(C)C)cc3)cccc2C4=O)O[C@@H](C)C1. The highest BCUT2D eigenvalue weighted by Crippen LogP contribution is 2.52. The molecule has 2 heterocycles. The highest BCUT2D eigenvalue weighted by Gasteiger charge is 2.50. The van der Waals surface area contributed by atoms with Gasteiger partial charge in [-0.25, -0.2) is 9.59 Å². The maximum atomic E-state index is 14.5. The van der Waals surface area contributed by atoms with Gasteiger partial charge in [0.1, 0.15) is 48.1 Å². The Morgan fingerprint density at radius 3 is 2.24 bits per heavy atom. The molecule has 2 aliphatic carbocycles. The van der Waals surface area contributed by atoms with E-state index in [1.165, 1.54) is 54.6 Å². The van der Waals surface area contributed by atoms with Gasteiger partial charge in [0.2, 0.25) is 23.5 Å². The van der Waals surface area contributed by atoms with E-state index in [-0.39, 0.29) is 79.1 Å². The summed E-state index contributed by atoms with van der Waals surface area (Å²) in [5.74, 6) is -7.93. The fraction of sp³-hybridized carbons (Fsp3) is 0.429. The molecule has 6 atom stereocenters. The summed E-state index contributed by atoms with van der Waals surface area (Å²) in [6.45, 7) is 8.06. The second-order valence-corrected chi connectivity index (χ2v) is 20.4. The molecule has 0 saturated carbocycles. The van der Waals surface area contributed by atoms with Crippen molar-refractivity contribution in [2.24, 2.45) is 11.7 Å². The summed E-state index contributed by atoms with van der Waals surface area (Å²) in [5.41, 5.74) is 1.76. The number of ether oxygens (including phenoxy) is 4. The fourth-order valence-corrected chi connectivity index (χ4v) is 10.0. The Morgan fingerprint density at radius 1 is 0.875 bits per heavy atom. The number of carbonyl (C=O) groups is 10. The van der Waals surface area contributed by atoms with Gasteiger partial charge < -0.3 is 66.4 Å². The van der Waals surface area contributed by atoms with Crippen LogP contribution in [0.5, 0.6) is 17.2 Å². The van der Waals surface area contributed by atoms with Crippen LogP contribution in [0.2, 0.25) is 0 Å². The maximum Gasteiger partial charge on any atom is 0.514 e. The molecule has 10 N–H and O–H groups in total. The number of aliphatic hydroxyl groups excluding tert-OH is 1. The number of urea groups is 1. The van der Waals surface area contributed by atoms with Gasteiger partial charge in [-0.2, -0.15) is 0 Å². The van der Waals surface area contributed by atoms with Crippen LogP contribution in [0, 0.1) is 5.92 Å². The zero-order valence-corrected chi connectivity index (χ0v) is 44.3. The number of nitrogens with two attached hydrogens (primary N) is 1. The molecule has 0 bridgehead atoms. The van der Waals surface area contributed by atoms with Gasteiger partial charge in [0, 0.05) is 73.3 Å². The van der Waals surface area contributed by atoms with Crippen LogP contribution in [0.15, 0.2) is 66.8 Å². The van der Waals surface area contributed by atoms with Crippen molar-refractivity contribution in [2.75, 3.05) is 25.0 Å². The van der Waals surface area contributed by atoms with Crippen LogP contribution < -0.4 is 31.7 Å². The minimum atomic E-state index is -2.33. The Balaban J connectivity index is 0.986. The van der Waals surface area contributed by atoms with E-state index in [0.717, 1.165) is 10.5 Å². The number of fused-ring (bicyclic) bond motifs is 3. The molecule has 0 aromatic heterocycles. The average Bonchev–Trinajstić information content (AvgIpc) is 3.50. The fourth-order valence-electron chi connectivity index (χ4n) is 10.0. The number of primary amides is 1. The number of carbonyl (C=O) groups excluding carboxylic acids is 10. The third-order valence-electron chi connectivity index (χ3n) is 14.1. The van der Waals surface area contributed by atoms with Gasteiger partial charge in [-0.3, -0.25) is 43.3 Å². The van der Waals surface area contributed by atoms with Crippen LogP contribution in [0.3, 0.4) is 0 Å². The highest BCUT2D eigenvalue weighted by atomic mass is 16.7. The summed E-state index contributed by atoms with van der Waals surface area (Å²) in [6.07, 6.45) is -0.354. The monoisotopic (exact) mass is 1110 g/mol. The number of rotatable bonds is 23. The third-order valence-corrected chi connectivity index (χ3v) is 14.1. The van der Waals surface area contributed by atoms with Crippen molar-refractivity contribution >= 4 is 64.8 Å². The van der Waals surface area contributed by atoms with Crippen molar-refractivity contribution < 1.29 is 87.3 Å². The second-order valence-electron chi connectivity index (χ2n) is 20.4. The number of nitrogens with one attached hydrogen (secondary N) is 4. The molecule has 7 rings (SSSR count). The van der Waals surface area contributed by atoms with Crippen LogP contribution in [0.4, 0.5) is 15.3 Å². The number of benzene rings is 3. The van der Waals surface area contributed by atoms with E-state index in [9.17, 15) is 68.4 Å². The molecule has 80 heavy (non-hydrogen) atoms. The van der Waals surface area contributed by atoms with Crippen molar-refractivity contribution in [1.29, 1.82) is 0 Å². The molecule has 3 aromatic rings. The predicted octanol–water partition coefficient (Wildman–Crippen LogP) is 3.46. The minimum Gasteiger partial charge on any atom is -0.507 e. The van der Waals surface area contributed by atoms with E-state index >= 15 is 0 Å². The Morgan fingerprint density at radius 2 is 1.57 bits per heavy atom. The molecule has 3 aromatic carbocycles. The standard InChI is InChI=1S/C56H64N6O18/c1-28(2)47(61-39(65)13-6-5-7-21-62-40(66)18-19-41(62)67)53(73)60-35(11-9-20-58-54(57)74)52(72)59-32-16-14-31(15-17-32)27-77-55(75)80-36-12-8-10-33-43(36)50(70)46-45(48(33)68)49(69)34-24-56(76,38(64)26-63)25-37(44(34)51(46)71)79-42-23-29(3)22-30(4)78-42/h8,10,12,14-19,28,30,35,37,42,47,63,69,71,76H,3,5-7,9,11,13,20-27H2,1-2,4H3,(H,59,72)(H,60,73)(H,61,65)(H3,57,58,74)/t30-,35-,37-,42-,47-,56-/m0/s1. The molecule has 1 saturated heterocycles. The zero-order chi connectivity index (χ0) is 58.2. The first-order valence-corrected chi connectivity index (χ1v) is 26.1. The first kappa shape index (κ1) is 59.3. The molecule has 426 valence electrons. The lowest BCUT2D eigenvalue weighted by molar-refractivity contribution is -0.214. The molecule has 4 aliphatic rings. The quantitative estimate of drug-likeness (QED) is 0.0128. The van der Waals surface area contributed by atoms with Crippen molar-refractivity contribution in [2.45, 2.75) is 128 Å². The second kappa shape index (κ2) is 25.6. The largest absolute Gasteiger partial charge is 0.514 e. The van der Waals surface area contributed by atoms with E-state index in [2.05, 4.69) is 27.8 Å². The van der Waals surface area contributed by atoms with E-state index in [0.29, 0.717) is 31.2 Å². The molecule has 0 spiro atoms. The molecule has 7 amide bonds. The molecular weight excluding hydrogens is 1040 g/mol. The van der Waals surface area contributed by atoms with Gasteiger partial charge in [-0.05, 0) is 68.7 Å². The lowest BCUT2D eigenvalue weighted by Crippen LogP contribution is -2.54. The molecule has 2 aliphatic heterocycles. The van der Waals surface area contributed by atoms with Crippen LogP contribution in [-0.2, 0) is 56.0 Å². The van der Waals surface area contributed by atoms with Gasteiger partial charge >= 0.3 is 12.2 Å². The van der Waals surface area contributed by atoms with Crippen molar-refractivity contribution in [3.05, 3.63) is 106 Å². The third kappa shape index (κ3) is 13.7. The number of anilines is 1. The molecule has 0 unspecified atom stereocenters. The number of phenols is 2. The Kier molecular flexibility index (Phi) is 19.0.